The molecule has 2 rings (SSSR count). The average molecular weight is 515 g/mol. The molecule has 6 nitrogen and oxygen atoms in total. The number of carbonyl (C=O) groups is 1. The van der Waals surface area contributed by atoms with Crippen molar-refractivity contribution in [2.24, 2.45) is 4.99 Å². The fourth-order valence-corrected chi connectivity index (χ4v) is 3.66. The van der Waals surface area contributed by atoms with Crippen LogP contribution in [0.15, 0.2) is 29.3 Å². The zero-order valence-electron chi connectivity index (χ0n) is 17.2. The van der Waals surface area contributed by atoms with Crippen LogP contribution in [0.1, 0.15) is 38.4 Å². The lowest BCUT2D eigenvalue weighted by Gasteiger charge is -2.13. The van der Waals surface area contributed by atoms with E-state index in [9.17, 15) is 4.79 Å². The van der Waals surface area contributed by atoms with Crippen molar-refractivity contribution in [3.05, 3.63) is 51.0 Å². The number of rotatable bonds is 7. The van der Waals surface area contributed by atoms with E-state index in [2.05, 4.69) is 34.5 Å². The molecule has 0 saturated carbocycles. The van der Waals surface area contributed by atoms with Gasteiger partial charge in [-0.25, -0.2) is 4.98 Å². The molecule has 1 aromatic heterocycles. The Balaban J connectivity index is 0.00000392. The van der Waals surface area contributed by atoms with E-state index in [1.165, 1.54) is 10.6 Å². The summed E-state index contributed by atoms with van der Waals surface area (Å²) in [5.74, 6) is 0.767. The number of nitrogens with zero attached hydrogens (tertiary/aromatic N) is 3. The van der Waals surface area contributed by atoms with E-state index in [1.54, 1.807) is 37.4 Å². The number of amides is 1. The highest BCUT2D eigenvalue weighted by molar-refractivity contribution is 14.0. The van der Waals surface area contributed by atoms with Gasteiger partial charge in [0.2, 0.25) is 0 Å². The molecule has 0 saturated heterocycles. The second-order valence-corrected chi connectivity index (χ2v) is 7.75. The lowest BCUT2D eigenvalue weighted by molar-refractivity contribution is 0.0827. The fraction of sp³-hybridized carbons (Fsp3) is 0.450. The second-order valence-electron chi connectivity index (χ2n) is 6.46. The summed E-state index contributed by atoms with van der Waals surface area (Å²) in [6.07, 6.45) is 1.87. The number of carbonyl (C=O) groups excluding carboxylic acids is 1. The van der Waals surface area contributed by atoms with Crippen LogP contribution in [0.25, 0.3) is 0 Å². The number of thiazole rings is 1. The van der Waals surface area contributed by atoms with E-state index in [4.69, 9.17) is 0 Å². The largest absolute Gasteiger partial charge is 0.356 e. The average Bonchev–Trinajstić information content (AvgIpc) is 3.03. The molecule has 1 aromatic carbocycles. The number of benzene rings is 1. The van der Waals surface area contributed by atoms with Gasteiger partial charge >= 0.3 is 0 Å². The van der Waals surface area contributed by atoms with Crippen molar-refractivity contribution in [2.75, 3.05) is 27.7 Å². The number of guanidine groups is 1. The monoisotopic (exact) mass is 515 g/mol. The molecule has 8 heteroatoms. The Morgan fingerprint density at radius 2 is 1.89 bits per heavy atom. The van der Waals surface area contributed by atoms with Crippen molar-refractivity contribution in [2.45, 2.75) is 33.2 Å². The molecular weight excluding hydrogens is 485 g/mol. The minimum absolute atomic E-state index is 0. The first-order chi connectivity index (χ1) is 12.9. The smallest absolute Gasteiger partial charge is 0.253 e. The molecule has 2 aromatic rings. The molecule has 0 aliphatic carbocycles. The van der Waals surface area contributed by atoms with E-state index in [1.807, 2.05) is 24.3 Å². The highest BCUT2D eigenvalue weighted by Crippen LogP contribution is 2.17. The van der Waals surface area contributed by atoms with Gasteiger partial charge in [-0.1, -0.05) is 19.1 Å². The molecule has 0 fully saturated rings. The van der Waals surface area contributed by atoms with Gasteiger partial charge in [0.05, 0.1) is 10.7 Å². The van der Waals surface area contributed by atoms with Crippen LogP contribution in [0.2, 0.25) is 0 Å². The predicted molar refractivity (Wildman–Crippen MR) is 128 cm³/mol. The van der Waals surface area contributed by atoms with Gasteiger partial charge < -0.3 is 15.5 Å². The topological polar surface area (TPSA) is 69.6 Å². The number of nitrogens with one attached hydrogen (secondary N) is 2. The highest BCUT2D eigenvalue weighted by atomic mass is 127. The van der Waals surface area contributed by atoms with E-state index in [-0.39, 0.29) is 29.9 Å². The van der Waals surface area contributed by atoms with Gasteiger partial charge in [0.25, 0.3) is 5.91 Å². The first-order valence-corrected chi connectivity index (χ1v) is 9.96. The summed E-state index contributed by atoms with van der Waals surface area (Å²) in [5, 5.41) is 7.78. The van der Waals surface area contributed by atoms with Crippen LogP contribution in [0.3, 0.4) is 0 Å². The lowest BCUT2D eigenvalue weighted by atomic mass is 10.1. The number of halogens is 1. The molecule has 0 atom stereocenters. The summed E-state index contributed by atoms with van der Waals surface area (Å²) in [6, 6.07) is 7.63. The van der Waals surface area contributed by atoms with Crippen LogP contribution in [-0.4, -0.2) is 49.4 Å². The Kier molecular flexibility index (Phi) is 10.4. The molecule has 0 unspecified atom stereocenters. The van der Waals surface area contributed by atoms with E-state index in [0.717, 1.165) is 35.9 Å². The van der Waals surface area contributed by atoms with Crippen molar-refractivity contribution in [3.8, 4) is 0 Å². The molecule has 1 heterocycles. The zero-order valence-corrected chi connectivity index (χ0v) is 20.4. The minimum Gasteiger partial charge on any atom is -0.356 e. The molecule has 154 valence electrons. The van der Waals surface area contributed by atoms with Gasteiger partial charge in [-0.2, -0.15) is 0 Å². The Morgan fingerprint density at radius 3 is 2.43 bits per heavy atom. The van der Waals surface area contributed by atoms with Gasteiger partial charge in [0, 0.05) is 51.1 Å². The minimum atomic E-state index is 0. The normalized spacial score (nSPS) is 11.0. The van der Waals surface area contributed by atoms with Gasteiger partial charge in [-0.15, -0.1) is 35.3 Å². The third-order valence-corrected chi connectivity index (χ3v) is 5.27. The maximum Gasteiger partial charge on any atom is 0.253 e. The van der Waals surface area contributed by atoms with Crippen molar-refractivity contribution >= 4 is 47.2 Å². The molecule has 0 aliphatic rings. The SMILES string of the molecule is CCc1nc(CCNC(=NC)NCc2ccc(C(=O)N(C)C)cc2)sc1C.I. The Labute approximate surface area is 188 Å². The molecular formula is C20H30IN5OS. The fourth-order valence-electron chi connectivity index (χ4n) is 2.64. The molecule has 0 radical (unpaired) electrons. The third kappa shape index (κ3) is 7.05. The summed E-state index contributed by atoms with van der Waals surface area (Å²) in [7, 11) is 5.27. The van der Waals surface area contributed by atoms with Crippen LogP contribution < -0.4 is 10.6 Å². The van der Waals surface area contributed by atoms with Crippen LogP contribution >= 0.6 is 35.3 Å². The lowest BCUT2D eigenvalue weighted by Crippen LogP contribution is -2.37. The molecule has 1 amide bonds. The first kappa shape index (κ1) is 24.4. The molecule has 2 N–H and O–H groups in total. The number of aromatic nitrogens is 1. The molecule has 28 heavy (non-hydrogen) atoms. The van der Waals surface area contributed by atoms with Crippen molar-refractivity contribution in [1.82, 2.24) is 20.5 Å². The Hall–Kier alpha value is -1.68. The number of aliphatic imine (C=N–C) groups is 1. The highest BCUT2D eigenvalue weighted by Gasteiger charge is 2.08. The van der Waals surface area contributed by atoms with E-state index in [0.29, 0.717) is 12.1 Å². The summed E-state index contributed by atoms with van der Waals surface area (Å²) in [5.41, 5.74) is 2.99. The zero-order chi connectivity index (χ0) is 19.8. The van der Waals surface area contributed by atoms with Gasteiger partial charge in [-0.3, -0.25) is 9.79 Å². The molecule has 0 bridgehead atoms. The van der Waals surface area contributed by atoms with Crippen LogP contribution in [0, 0.1) is 6.92 Å². The number of hydrogen-bond donors (Lipinski definition) is 2. The number of hydrogen-bond acceptors (Lipinski definition) is 4. The standard InChI is InChI=1S/C20H29N5OS.HI/c1-6-17-14(2)27-18(24-17)11-12-22-20(21-3)23-13-15-7-9-16(10-8-15)19(26)25(4)5;/h7-10H,6,11-13H2,1-5H3,(H2,21,22,23);1H. The molecule has 0 aliphatic heterocycles. The summed E-state index contributed by atoms with van der Waals surface area (Å²) in [6.45, 7) is 5.70. The van der Waals surface area contributed by atoms with E-state index < -0.39 is 0 Å². The first-order valence-electron chi connectivity index (χ1n) is 9.14. The van der Waals surface area contributed by atoms with E-state index >= 15 is 0 Å². The second kappa shape index (κ2) is 12.0. The van der Waals surface area contributed by atoms with Crippen molar-refractivity contribution in [3.63, 3.8) is 0 Å². The third-order valence-electron chi connectivity index (χ3n) is 4.19. The summed E-state index contributed by atoms with van der Waals surface area (Å²) < 4.78 is 0. The Bertz CT molecular complexity index is 786. The quantitative estimate of drug-likeness (QED) is 0.338. The predicted octanol–water partition coefficient (Wildman–Crippen LogP) is 3.24. The van der Waals surface area contributed by atoms with Gasteiger partial charge in [0.1, 0.15) is 0 Å². The maximum absolute atomic E-state index is 11.9. The summed E-state index contributed by atoms with van der Waals surface area (Å²) >= 11 is 1.77. The van der Waals surface area contributed by atoms with Crippen molar-refractivity contribution < 1.29 is 4.79 Å². The number of aryl methyl sites for hydroxylation is 2. The molecule has 0 spiro atoms. The summed E-state index contributed by atoms with van der Waals surface area (Å²) in [4.78, 5) is 23.7. The van der Waals surface area contributed by atoms with Crippen molar-refractivity contribution in [1.29, 1.82) is 0 Å². The van der Waals surface area contributed by atoms with Crippen LogP contribution in [0.5, 0.6) is 0 Å². The van der Waals surface area contributed by atoms with Gasteiger partial charge in [0.15, 0.2) is 5.96 Å². The van der Waals surface area contributed by atoms with Gasteiger partial charge in [-0.05, 0) is 31.0 Å². The maximum atomic E-state index is 11.9. The van der Waals surface area contributed by atoms with Crippen LogP contribution in [0.4, 0.5) is 0 Å². The van der Waals surface area contributed by atoms with Crippen LogP contribution in [-0.2, 0) is 19.4 Å². The Morgan fingerprint density at radius 1 is 1.21 bits per heavy atom.